The fourth-order valence-electron chi connectivity index (χ4n) is 3.34. The molecule has 4 heterocycles. The molecule has 0 unspecified atom stereocenters. The van der Waals surface area contributed by atoms with Gasteiger partial charge in [0.1, 0.15) is 0 Å². The molecule has 0 saturated heterocycles. The standard InChI is InChI=1S/C24H23ClN4O2S/c1-24(2,3)23(31)29-17(6-7-18-8-9-21(25)32-18)12-20(28-29)16-11-19(22(30)27-14-16)15-5-4-10-26-13-15/h4-5,8-14H,6-7H2,1-3H3,(H,27,30). The smallest absolute Gasteiger partial charge is 0.255 e. The van der Waals surface area contributed by atoms with Crippen LogP contribution in [-0.2, 0) is 12.8 Å². The summed E-state index contributed by atoms with van der Waals surface area (Å²) in [7, 11) is 0. The second-order valence-electron chi connectivity index (χ2n) is 8.57. The van der Waals surface area contributed by atoms with Crippen LogP contribution in [0.15, 0.2) is 59.8 Å². The fraction of sp³-hybridized carbons (Fsp3) is 0.250. The van der Waals surface area contributed by atoms with Crippen LogP contribution in [0.25, 0.3) is 22.4 Å². The Morgan fingerprint density at radius 2 is 1.97 bits per heavy atom. The predicted octanol–water partition coefficient (Wildman–Crippen LogP) is 5.49. The summed E-state index contributed by atoms with van der Waals surface area (Å²) < 4.78 is 2.25. The number of rotatable bonds is 5. The number of nitrogens with one attached hydrogen (secondary N) is 1. The summed E-state index contributed by atoms with van der Waals surface area (Å²) in [5.74, 6) is -0.0835. The Bertz CT molecular complexity index is 1320. The number of nitrogens with zero attached hydrogens (tertiary/aromatic N) is 3. The highest BCUT2D eigenvalue weighted by Gasteiger charge is 2.27. The van der Waals surface area contributed by atoms with E-state index in [2.05, 4.69) is 15.1 Å². The van der Waals surface area contributed by atoms with Crippen molar-refractivity contribution in [1.29, 1.82) is 0 Å². The Morgan fingerprint density at radius 1 is 1.16 bits per heavy atom. The van der Waals surface area contributed by atoms with Crippen molar-refractivity contribution in [1.82, 2.24) is 19.7 Å². The molecule has 0 saturated carbocycles. The summed E-state index contributed by atoms with van der Waals surface area (Å²) in [4.78, 5) is 33.5. The quantitative estimate of drug-likeness (QED) is 0.422. The molecule has 0 aliphatic rings. The molecule has 4 aromatic heterocycles. The van der Waals surface area contributed by atoms with Crippen molar-refractivity contribution < 1.29 is 4.79 Å². The molecular formula is C24H23ClN4O2S. The summed E-state index contributed by atoms with van der Waals surface area (Å²) in [5, 5.41) is 4.64. The largest absolute Gasteiger partial charge is 0.328 e. The zero-order valence-electron chi connectivity index (χ0n) is 18.1. The zero-order valence-corrected chi connectivity index (χ0v) is 19.6. The van der Waals surface area contributed by atoms with Gasteiger partial charge in [-0.1, -0.05) is 38.4 Å². The van der Waals surface area contributed by atoms with E-state index in [0.717, 1.165) is 32.5 Å². The van der Waals surface area contributed by atoms with Gasteiger partial charge in [-0.15, -0.1) is 11.3 Å². The molecule has 0 spiro atoms. The van der Waals surface area contributed by atoms with Gasteiger partial charge in [0.15, 0.2) is 0 Å². The summed E-state index contributed by atoms with van der Waals surface area (Å²) >= 11 is 7.60. The monoisotopic (exact) mass is 466 g/mol. The van der Waals surface area contributed by atoms with Gasteiger partial charge in [-0.3, -0.25) is 14.6 Å². The highest BCUT2D eigenvalue weighted by molar-refractivity contribution is 7.16. The van der Waals surface area contributed by atoms with Gasteiger partial charge in [-0.05, 0) is 43.2 Å². The first-order valence-electron chi connectivity index (χ1n) is 10.2. The number of hydrogen-bond donors (Lipinski definition) is 1. The number of halogens is 1. The minimum atomic E-state index is -0.587. The first-order chi connectivity index (χ1) is 15.2. The molecule has 0 aliphatic carbocycles. The molecule has 0 aliphatic heterocycles. The van der Waals surface area contributed by atoms with Gasteiger partial charge in [0.05, 0.1) is 10.0 Å². The number of aromatic amines is 1. The van der Waals surface area contributed by atoms with Crippen molar-refractivity contribution in [2.75, 3.05) is 0 Å². The average Bonchev–Trinajstić information content (AvgIpc) is 3.38. The second-order valence-corrected chi connectivity index (χ2v) is 10.4. The van der Waals surface area contributed by atoms with E-state index in [1.54, 1.807) is 30.7 Å². The number of pyridine rings is 2. The van der Waals surface area contributed by atoms with Gasteiger partial charge in [-0.2, -0.15) is 5.10 Å². The Balaban J connectivity index is 1.74. The topological polar surface area (TPSA) is 80.6 Å². The normalized spacial score (nSPS) is 11.6. The highest BCUT2D eigenvalue weighted by Crippen LogP contribution is 2.27. The van der Waals surface area contributed by atoms with Crippen molar-refractivity contribution in [3.63, 3.8) is 0 Å². The third-order valence-electron chi connectivity index (χ3n) is 5.05. The van der Waals surface area contributed by atoms with Crippen molar-refractivity contribution in [3.8, 4) is 22.4 Å². The molecule has 164 valence electrons. The molecule has 1 N–H and O–H groups in total. The van der Waals surface area contributed by atoms with Gasteiger partial charge in [-0.25, -0.2) is 4.68 Å². The molecule has 8 heteroatoms. The van der Waals surface area contributed by atoms with Crippen molar-refractivity contribution >= 4 is 28.8 Å². The Kier molecular flexibility index (Phi) is 6.13. The molecule has 32 heavy (non-hydrogen) atoms. The van der Waals surface area contributed by atoms with Gasteiger partial charge in [0.2, 0.25) is 0 Å². The van der Waals surface area contributed by atoms with Gasteiger partial charge in [0, 0.05) is 51.3 Å². The average molecular weight is 467 g/mol. The van der Waals surface area contributed by atoms with E-state index in [0.29, 0.717) is 17.7 Å². The summed E-state index contributed by atoms with van der Waals surface area (Å²) in [6.07, 6.45) is 6.33. The minimum absolute atomic E-state index is 0.0835. The van der Waals surface area contributed by atoms with Gasteiger partial charge < -0.3 is 4.98 Å². The third kappa shape index (κ3) is 4.74. The maximum absolute atomic E-state index is 13.1. The number of carbonyl (C=O) groups excluding carboxylic acids is 1. The van der Waals surface area contributed by atoms with Gasteiger partial charge in [0.25, 0.3) is 11.5 Å². The molecule has 0 aromatic carbocycles. The summed E-state index contributed by atoms with van der Waals surface area (Å²) in [5.41, 5.74) is 2.60. The van der Waals surface area contributed by atoms with Crippen LogP contribution in [0.2, 0.25) is 4.34 Å². The van der Waals surface area contributed by atoms with Crippen LogP contribution in [0, 0.1) is 5.41 Å². The van der Waals surface area contributed by atoms with E-state index < -0.39 is 5.41 Å². The lowest BCUT2D eigenvalue weighted by molar-refractivity contribution is 0.0745. The lowest BCUT2D eigenvalue weighted by Crippen LogP contribution is -2.29. The first-order valence-corrected chi connectivity index (χ1v) is 11.4. The van der Waals surface area contributed by atoms with E-state index in [1.165, 1.54) is 16.0 Å². The second kappa shape index (κ2) is 8.84. The lowest BCUT2D eigenvalue weighted by atomic mass is 9.95. The number of carbonyl (C=O) groups is 1. The Morgan fingerprint density at radius 3 is 2.62 bits per heavy atom. The van der Waals surface area contributed by atoms with Crippen LogP contribution in [-0.4, -0.2) is 25.7 Å². The zero-order chi connectivity index (χ0) is 22.9. The molecule has 4 aromatic rings. The van der Waals surface area contributed by atoms with E-state index in [1.807, 2.05) is 45.0 Å². The maximum Gasteiger partial charge on any atom is 0.255 e. The van der Waals surface area contributed by atoms with Crippen molar-refractivity contribution in [2.45, 2.75) is 33.6 Å². The molecule has 0 bridgehead atoms. The van der Waals surface area contributed by atoms with E-state index in [-0.39, 0.29) is 11.5 Å². The number of hydrogen-bond acceptors (Lipinski definition) is 5. The highest BCUT2D eigenvalue weighted by atomic mass is 35.5. The van der Waals surface area contributed by atoms with Crippen LogP contribution in [0.1, 0.15) is 36.1 Å². The molecule has 0 radical (unpaired) electrons. The Hall–Kier alpha value is -3.03. The molecule has 0 amide bonds. The van der Waals surface area contributed by atoms with Crippen molar-refractivity contribution in [2.24, 2.45) is 5.41 Å². The number of thiophene rings is 1. The Labute approximate surface area is 194 Å². The van der Waals surface area contributed by atoms with Crippen molar-refractivity contribution in [3.05, 3.63) is 80.2 Å². The van der Waals surface area contributed by atoms with Gasteiger partial charge >= 0.3 is 0 Å². The van der Waals surface area contributed by atoms with Crippen LogP contribution in [0.4, 0.5) is 0 Å². The van der Waals surface area contributed by atoms with E-state index in [9.17, 15) is 9.59 Å². The molecule has 0 fully saturated rings. The fourth-order valence-corrected chi connectivity index (χ4v) is 4.43. The summed E-state index contributed by atoms with van der Waals surface area (Å²) in [6.45, 7) is 5.63. The van der Waals surface area contributed by atoms with E-state index >= 15 is 0 Å². The van der Waals surface area contributed by atoms with Crippen LogP contribution in [0.5, 0.6) is 0 Å². The minimum Gasteiger partial charge on any atom is -0.328 e. The molecule has 0 atom stereocenters. The van der Waals surface area contributed by atoms with Crippen LogP contribution in [0.3, 0.4) is 0 Å². The number of H-pyrrole nitrogens is 1. The predicted molar refractivity (Wildman–Crippen MR) is 128 cm³/mol. The van der Waals surface area contributed by atoms with Crippen LogP contribution >= 0.6 is 22.9 Å². The maximum atomic E-state index is 13.1. The molecule has 6 nitrogen and oxygen atoms in total. The molecular weight excluding hydrogens is 444 g/mol. The van der Waals surface area contributed by atoms with E-state index in [4.69, 9.17) is 11.6 Å². The number of aryl methyl sites for hydroxylation is 2. The number of aromatic nitrogens is 4. The summed E-state index contributed by atoms with van der Waals surface area (Å²) in [6, 6.07) is 11.2. The first kappa shape index (κ1) is 22.2. The third-order valence-corrected chi connectivity index (χ3v) is 6.34. The van der Waals surface area contributed by atoms with Crippen LogP contribution < -0.4 is 5.56 Å². The lowest BCUT2D eigenvalue weighted by Gasteiger charge is -2.17. The molecule has 4 rings (SSSR count). The SMILES string of the molecule is CC(C)(C)C(=O)n1nc(-c2c[nH]c(=O)c(-c3cccnc3)c2)cc1CCc1ccc(Cl)s1.